The Morgan fingerprint density at radius 2 is 0.747 bits per heavy atom. The van der Waals surface area contributed by atoms with Gasteiger partial charge in [0.25, 0.3) is 0 Å². The van der Waals surface area contributed by atoms with Crippen molar-refractivity contribution in [2.24, 2.45) is 11.7 Å². The highest BCUT2D eigenvalue weighted by molar-refractivity contribution is 7.80. The first kappa shape index (κ1) is 65.3. The second kappa shape index (κ2) is 32.7. The van der Waals surface area contributed by atoms with E-state index in [1.807, 2.05) is 0 Å². The number of phenols is 2. The van der Waals surface area contributed by atoms with Crippen LogP contribution in [0.25, 0.3) is 0 Å². The van der Waals surface area contributed by atoms with Crippen molar-refractivity contribution in [2.75, 3.05) is 24.7 Å². The molecule has 0 radical (unpaired) electrons. The SMILES string of the molecule is CC(=O)N[C@@H](Cc1ccccc1)C(=O)N[C@@H](CS)C(=O)N[C@@H](CO)C(=O)N[C@@H](CC(=O)O)C(=O)N[C@@H](Cc1ccc(O)cc1)C(=O)N[C@@H](CO)C(=O)N[C@@H](CS)C(=O)N[C@@H](Cc1ccc(O)cc1)C(=O)N[C@@H](CC(C)C)C(N)=O. The van der Waals surface area contributed by atoms with E-state index in [1.165, 1.54) is 55.5 Å². The van der Waals surface area contributed by atoms with Crippen molar-refractivity contribution in [3.05, 3.63) is 95.6 Å². The van der Waals surface area contributed by atoms with Gasteiger partial charge in [-0.25, -0.2) is 0 Å². The van der Waals surface area contributed by atoms with Gasteiger partial charge in [-0.1, -0.05) is 68.4 Å². The Labute approximate surface area is 465 Å². The van der Waals surface area contributed by atoms with Gasteiger partial charge in [-0.3, -0.25) is 52.7 Å². The number of carbonyl (C=O) groups excluding carboxylic acids is 10. The molecule has 79 heavy (non-hydrogen) atoms. The molecule has 16 N–H and O–H groups in total. The summed E-state index contributed by atoms with van der Waals surface area (Å²) in [7, 11) is 0. The Bertz CT molecular complexity index is 2600. The number of benzene rings is 3. The van der Waals surface area contributed by atoms with E-state index in [0.29, 0.717) is 11.1 Å². The number of aromatic hydroxyl groups is 2. The molecular weight excluding hydrogens is 1070 g/mol. The number of aliphatic carboxylic acids is 1. The number of carboxylic acid groups (broad SMARTS) is 1. The first-order valence-corrected chi connectivity index (χ1v) is 25.9. The van der Waals surface area contributed by atoms with Crippen LogP contribution in [-0.2, 0) is 72.0 Å². The number of carbonyl (C=O) groups is 11. The lowest BCUT2D eigenvalue weighted by Gasteiger charge is -2.27. The van der Waals surface area contributed by atoms with Gasteiger partial charge in [-0.2, -0.15) is 25.3 Å². The Balaban J connectivity index is 1.81. The zero-order valence-electron chi connectivity index (χ0n) is 43.3. The molecule has 0 spiro atoms. The molecule has 0 bridgehead atoms. The minimum atomic E-state index is -2.02. The fraction of sp³-hybridized carbons (Fsp3) is 0.431. The molecule has 26 nitrogen and oxygen atoms in total. The Morgan fingerprint density at radius 3 is 1.09 bits per heavy atom. The van der Waals surface area contributed by atoms with Crippen molar-refractivity contribution >= 4 is 90.3 Å². The van der Waals surface area contributed by atoms with E-state index in [9.17, 15) is 78.3 Å². The van der Waals surface area contributed by atoms with Crippen LogP contribution < -0.4 is 53.6 Å². The van der Waals surface area contributed by atoms with Crippen molar-refractivity contribution < 1.29 is 78.3 Å². The minimum absolute atomic E-state index is 0.0329. The highest BCUT2D eigenvalue weighted by atomic mass is 32.1. The smallest absolute Gasteiger partial charge is 0.305 e. The maximum Gasteiger partial charge on any atom is 0.305 e. The van der Waals surface area contributed by atoms with Crippen molar-refractivity contribution in [1.82, 2.24) is 47.9 Å². The maximum atomic E-state index is 14.0. The molecule has 0 aliphatic rings. The van der Waals surface area contributed by atoms with Gasteiger partial charge in [0.2, 0.25) is 59.1 Å². The van der Waals surface area contributed by atoms with E-state index in [-0.39, 0.29) is 48.0 Å². The predicted octanol–water partition coefficient (Wildman–Crippen LogP) is -3.64. The van der Waals surface area contributed by atoms with Gasteiger partial charge in [0.05, 0.1) is 19.6 Å². The number of carboxylic acids is 1. The third kappa shape index (κ3) is 22.5. The summed E-state index contributed by atoms with van der Waals surface area (Å²) in [6.07, 6.45) is -1.53. The van der Waals surface area contributed by atoms with Crippen LogP contribution >= 0.6 is 25.3 Å². The molecule has 3 rings (SSSR count). The summed E-state index contributed by atoms with van der Waals surface area (Å²) >= 11 is 8.30. The minimum Gasteiger partial charge on any atom is -0.508 e. The van der Waals surface area contributed by atoms with Crippen LogP contribution in [0.5, 0.6) is 11.5 Å². The zero-order valence-corrected chi connectivity index (χ0v) is 45.1. The molecule has 0 saturated heterocycles. The number of phenolic OH excluding ortho intramolecular Hbond substituents is 2. The number of hydrogen-bond acceptors (Lipinski definition) is 17. The second-order valence-electron chi connectivity index (χ2n) is 18.5. The summed E-state index contributed by atoms with van der Waals surface area (Å²) in [5.74, 6) is -12.7. The molecule has 0 saturated carbocycles. The molecule has 0 aromatic heterocycles. The number of aliphatic hydroxyl groups is 2. The first-order valence-electron chi connectivity index (χ1n) is 24.6. The highest BCUT2D eigenvalue weighted by Crippen LogP contribution is 2.15. The number of nitrogens with two attached hydrogens (primary N) is 1. The lowest BCUT2D eigenvalue weighted by Crippen LogP contribution is -2.62. The average Bonchev–Trinajstić information content (AvgIpc) is 3.40. The Kier molecular flexibility index (Phi) is 27.1. The van der Waals surface area contributed by atoms with Crippen LogP contribution in [0.2, 0.25) is 0 Å². The topological polar surface area (TPSA) is 423 Å². The first-order chi connectivity index (χ1) is 37.4. The molecule has 3 aromatic rings. The molecule has 9 atom stereocenters. The third-order valence-corrected chi connectivity index (χ3v) is 12.4. The molecule has 430 valence electrons. The molecule has 0 fully saturated rings. The van der Waals surface area contributed by atoms with E-state index in [1.54, 1.807) is 44.2 Å². The number of aliphatic hydroxyl groups excluding tert-OH is 2. The van der Waals surface area contributed by atoms with Crippen molar-refractivity contribution in [1.29, 1.82) is 0 Å². The highest BCUT2D eigenvalue weighted by Gasteiger charge is 2.36. The van der Waals surface area contributed by atoms with Gasteiger partial charge in [0.15, 0.2) is 0 Å². The molecule has 0 unspecified atom stereocenters. The molecular formula is C51H68N10O16S2. The summed E-state index contributed by atoms with van der Waals surface area (Å²) in [5, 5.41) is 71.2. The third-order valence-electron chi connectivity index (χ3n) is 11.6. The molecule has 10 amide bonds. The number of hydrogen-bond donors (Lipinski definition) is 17. The summed E-state index contributed by atoms with van der Waals surface area (Å²) in [4.78, 5) is 145. The lowest BCUT2D eigenvalue weighted by atomic mass is 10.0. The van der Waals surface area contributed by atoms with Gasteiger partial charge in [0.1, 0.15) is 65.9 Å². The summed E-state index contributed by atoms with van der Waals surface area (Å²) in [5.41, 5.74) is 6.96. The van der Waals surface area contributed by atoms with Crippen LogP contribution in [0, 0.1) is 5.92 Å². The number of rotatable bonds is 32. The van der Waals surface area contributed by atoms with Gasteiger partial charge in [-0.15, -0.1) is 0 Å². The van der Waals surface area contributed by atoms with Gasteiger partial charge >= 0.3 is 5.97 Å². The van der Waals surface area contributed by atoms with E-state index >= 15 is 0 Å². The molecule has 0 aliphatic heterocycles. The number of amides is 10. The largest absolute Gasteiger partial charge is 0.508 e. The molecule has 0 aliphatic carbocycles. The zero-order chi connectivity index (χ0) is 58.9. The summed E-state index contributed by atoms with van der Waals surface area (Å²) < 4.78 is 0. The van der Waals surface area contributed by atoms with Crippen LogP contribution in [0.1, 0.15) is 50.3 Å². The fourth-order valence-corrected chi connectivity index (χ4v) is 8.03. The van der Waals surface area contributed by atoms with Crippen molar-refractivity contribution in [3.63, 3.8) is 0 Å². The van der Waals surface area contributed by atoms with Crippen molar-refractivity contribution in [3.8, 4) is 11.5 Å². The lowest BCUT2D eigenvalue weighted by molar-refractivity contribution is -0.141. The maximum absolute atomic E-state index is 14.0. The Morgan fingerprint density at radius 1 is 0.443 bits per heavy atom. The number of thiol groups is 2. The Hall–Kier alpha value is -7.95. The average molecular weight is 1140 g/mol. The standard InChI is InChI=1S/C51H68N10O16S2/c1-26(2)17-33(43(52)69)54-45(71)35(19-29-9-13-31(65)14-10-29)56-50(76)40(24-78)61-49(75)39(23-63)58-46(72)36(20-30-11-15-32(66)16-12-30)55-47(73)37(21-42(67)68)57-48(74)38(22-62)59-51(77)41(25-79)60-44(70)34(53-27(3)64)18-28-7-5-4-6-8-28/h4-16,26,33-41,62-63,65-66,78-79H,17-25H2,1-3H3,(H2,52,69)(H,53,64)(H,54,71)(H,55,73)(H,56,76)(H,57,74)(H,58,72)(H,59,77)(H,60,70)(H,61,75)(H,67,68)/t33-,34-,35-,36-,37-,38-,39-,40-,41-/m0/s1. The predicted molar refractivity (Wildman–Crippen MR) is 290 cm³/mol. The van der Waals surface area contributed by atoms with Gasteiger partial charge in [-0.05, 0) is 53.3 Å². The summed E-state index contributed by atoms with van der Waals surface area (Å²) in [6, 6.07) is 5.29. The van der Waals surface area contributed by atoms with E-state index in [0.717, 1.165) is 0 Å². The number of primary amides is 1. The molecule has 28 heteroatoms. The molecule has 0 heterocycles. The fourth-order valence-electron chi connectivity index (χ4n) is 7.51. The monoisotopic (exact) mass is 1140 g/mol. The van der Waals surface area contributed by atoms with Crippen LogP contribution in [0.15, 0.2) is 78.9 Å². The van der Waals surface area contributed by atoms with E-state index in [2.05, 4.69) is 73.1 Å². The quantitative estimate of drug-likeness (QED) is 0.0268. The van der Waals surface area contributed by atoms with E-state index < -0.39 is 151 Å². The van der Waals surface area contributed by atoms with Gasteiger partial charge in [0, 0.05) is 37.7 Å². The van der Waals surface area contributed by atoms with E-state index in [4.69, 9.17) is 5.73 Å². The van der Waals surface area contributed by atoms with Crippen LogP contribution in [0.3, 0.4) is 0 Å². The van der Waals surface area contributed by atoms with Crippen LogP contribution in [-0.4, -0.2) is 170 Å². The normalized spacial score (nSPS) is 14.4. The van der Waals surface area contributed by atoms with Crippen molar-refractivity contribution in [2.45, 2.75) is 107 Å². The van der Waals surface area contributed by atoms with Crippen LogP contribution in [0.4, 0.5) is 0 Å². The summed E-state index contributed by atoms with van der Waals surface area (Å²) in [6.45, 7) is 2.55. The number of nitrogens with one attached hydrogen (secondary N) is 9. The second-order valence-corrected chi connectivity index (χ2v) is 19.3. The molecule has 3 aromatic carbocycles. The van der Waals surface area contributed by atoms with Gasteiger partial charge < -0.3 is 79.1 Å².